The van der Waals surface area contributed by atoms with E-state index in [0.717, 1.165) is 34.2 Å². The molecule has 0 radical (unpaired) electrons. The number of rotatable bonds is 3. The molecule has 1 aliphatic heterocycles. The van der Waals surface area contributed by atoms with Crippen molar-refractivity contribution >= 4 is 48.0 Å². The number of thioether (sulfide) groups is 1. The van der Waals surface area contributed by atoms with Crippen LogP contribution in [-0.4, -0.2) is 23.6 Å². The molecule has 4 nitrogen and oxygen atoms in total. The largest absolute Gasteiger partial charge is 0.315 e. The normalized spacial score (nSPS) is 15.6. The topological polar surface area (TPSA) is 42.3 Å². The molecule has 29 heavy (non-hydrogen) atoms. The van der Waals surface area contributed by atoms with Crippen LogP contribution in [0.5, 0.6) is 0 Å². The Morgan fingerprint density at radius 1 is 1.03 bits per heavy atom. The summed E-state index contributed by atoms with van der Waals surface area (Å²) in [6, 6.07) is 15.9. The Kier molecular flexibility index (Phi) is 4.92. The predicted octanol–water partition coefficient (Wildman–Crippen LogP) is 3.73. The Balaban J connectivity index is 1.73. The number of amides is 2. The lowest BCUT2D eigenvalue weighted by Crippen LogP contribution is -2.27. The van der Waals surface area contributed by atoms with Crippen molar-refractivity contribution in [1.82, 2.24) is 4.57 Å². The van der Waals surface area contributed by atoms with E-state index in [1.165, 1.54) is 11.0 Å². The van der Waals surface area contributed by atoms with Crippen LogP contribution in [0.3, 0.4) is 0 Å². The maximum Gasteiger partial charge on any atom is 0.298 e. The van der Waals surface area contributed by atoms with Gasteiger partial charge in [-0.1, -0.05) is 29.7 Å². The summed E-state index contributed by atoms with van der Waals surface area (Å²) in [5.41, 5.74) is 4.29. The molecule has 0 aliphatic carbocycles. The minimum Gasteiger partial charge on any atom is -0.315 e. The van der Waals surface area contributed by atoms with E-state index in [4.69, 9.17) is 0 Å². The molecule has 0 bridgehead atoms. The maximum atomic E-state index is 14.5. The van der Waals surface area contributed by atoms with Crippen LogP contribution in [0, 0.1) is 19.7 Å². The van der Waals surface area contributed by atoms with Crippen LogP contribution in [0.15, 0.2) is 59.5 Å². The Hall–Kier alpha value is -3.06. The predicted molar refractivity (Wildman–Crippen MR) is 118 cm³/mol. The molecule has 2 aromatic carbocycles. The minimum atomic E-state index is -0.350. The van der Waals surface area contributed by atoms with E-state index in [2.05, 4.69) is 0 Å². The highest BCUT2D eigenvalue weighted by atomic mass is 32.2. The van der Waals surface area contributed by atoms with E-state index in [9.17, 15) is 14.0 Å². The third-order valence-corrected chi connectivity index (χ3v) is 5.78. The molecular weight excluding hydrogens is 386 g/mol. The Labute approximate surface area is 173 Å². The fourth-order valence-corrected chi connectivity index (χ4v) is 4.34. The first-order valence-corrected chi connectivity index (χ1v) is 9.97. The van der Waals surface area contributed by atoms with Crippen LogP contribution >= 0.6 is 11.8 Å². The molecule has 0 unspecified atom stereocenters. The van der Waals surface area contributed by atoms with Crippen molar-refractivity contribution in [3.63, 3.8) is 0 Å². The standard InChI is InChI=1S/C22H18BFN2O2S/c1-13-10-15(14(2)25(13)19-9-8-16(23)12-18(19)24)11-20-21(27)26(22(28)29-20)17-6-4-3-5-7-17/h3-12H,23H2,1-2H3. The van der Waals surface area contributed by atoms with Crippen LogP contribution in [0.25, 0.3) is 11.8 Å². The monoisotopic (exact) mass is 404 g/mol. The van der Waals surface area contributed by atoms with Gasteiger partial charge in [0, 0.05) is 11.4 Å². The SMILES string of the molecule is Bc1ccc(-n2c(C)cc(C=C3SC(=O)N(c4ccccc4)C3=O)c2C)c(F)c1. The first-order chi connectivity index (χ1) is 13.9. The van der Waals surface area contributed by atoms with Crippen LogP contribution in [0.1, 0.15) is 17.0 Å². The Morgan fingerprint density at radius 2 is 1.76 bits per heavy atom. The van der Waals surface area contributed by atoms with Gasteiger partial charge in [-0.15, -0.1) is 0 Å². The van der Waals surface area contributed by atoms with Crippen LogP contribution in [-0.2, 0) is 4.79 Å². The van der Waals surface area contributed by atoms with Gasteiger partial charge in [0.05, 0.1) is 16.3 Å². The number of nitrogens with zero attached hydrogens (tertiary/aromatic N) is 2. The second kappa shape index (κ2) is 7.41. The number of imide groups is 1. The van der Waals surface area contributed by atoms with E-state index < -0.39 is 0 Å². The summed E-state index contributed by atoms with van der Waals surface area (Å²) in [7, 11) is 1.84. The van der Waals surface area contributed by atoms with E-state index in [1.807, 2.05) is 44.5 Å². The number of para-hydroxylation sites is 1. The number of aromatic nitrogens is 1. The van der Waals surface area contributed by atoms with Crippen molar-refractivity contribution in [2.24, 2.45) is 0 Å². The number of halogens is 1. The summed E-state index contributed by atoms with van der Waals surface area (Å²) in [4.78, 5) is 26.8. The van der Waals surface area contributed by atoms with Gasteiger partial charge in [-0.05, 0) is 67.6 Å². The van der Waals surface area contributed by atoms with Gasteiger partial charge in [-0.3, -0.25) is 9.59 Å². The molecule has 1 aliphatic rings. The molecule has 4 rings (SSSR count). The fourth-order valence-electron chi connectivity index (χ4n) is 3.51. The summed E-state index contributed by atoms with van der Waals surface area (Å²) in [5.74, 6) is -0.653. The summed E-state index contributed by atoms with van der Waals surface area (Å²) in [6.07, 6.45) is 1.71. The molecule has 0 spiro atoms. The molecular formula is C22H18BFN2O2S. The molecule has 144 valence electrons. The number of carbonyl (C=O) groups is 2. The number of hydrogen-bond donors (Lipinski definition) is 0. The van der Waals surface area contributed by atoms with E-state index in [1.54, 1.807) is 36.4 Å². The Bertz CT molecular complexity index is 1170. The summed E-state index contributed by atoms with van der Waals surface area (Å²) in [5, 5.41) is -0.328. The Morgan fingerprint density at radius 3 is 2.45 bits per heavy atom. The summed E-state index contributed by atoms with van der Waals surface area (Å²) >= 11 is 0.911. The highest BCUT2D eigenvalue weighted by molar-refractivity contribution is 8.19. The first kappa shape index (κ1) is 19.3. The van der Waals surface area contributed by atoms with Gasteiger partial charge in [-0.25, -0.2) is 9.29 Å². The van der Waals surface area contributed by atoms with E-state index in [-0.39, 0.29) is 17.0 Å². The van der Waals surface area contributed by atoms with Gasteiger partial charge >= 0.3 is 0 Å². The quantitative estimate of drug-likeness (QED) is 0.494. The second-order valence-electron chi connectivity index (χ2n) is 6.97. The van der Waals surface area contributed by atoms with Gasteiger partial charge in [0.25, 0.3) is 11.1 Å². The van der Waals surface area contributed by atoms with E-state index >= 15 is 0 Å². The number of benzene rings is 2. The number of hydrogen-bond acceptors (Lipinski definition) is 3. The van der Waals surface area contributed by atoms with Gasteiger partial charge in [0.1, 0.15) is 13.7 Å². The lowest BCUT2D eigenvalue weighted by Gasteiger charge is -2.12. The zero-order valence-corrected chi connectivity index (χ0v) is 17.1. The molecule has 7 heteroatoms. The van der Waals surface area contributed by atoms with Gasteiger partial charge < -0.3 is 4.57 Å². The average molecular weight is 404 g/mol. The molecule has 0 saturated carbocycles. The molecule has 2 amide bonds. The molecule has 0 atom stereocenters. The van der Waals surface area contributed by atoms with Crippen molar-refractivity contribution in [2.45, 2.75) is 13.8 Å². The third-order valence-electron chi connectivity index (χ3n) is 4.91. The van der Waals surface area contributed by atoms with Crippen molar-refractivity contribution in [3.05, 3.63) is 82.3 Å². The first-order valence-electron chi connectivity index (χ1n) is 9.15. The molecule has 0 N–H and O–H groups in total. The van der Waals surface area contributed by atoms with Crippen LogP contribution in [0.2, 0.25) is 0 Å². The zero-order valence-electron chi connectivity index (χ0n) is 16.3. The zero-order chi connectivity index (χ0) is 20.7. The fraction of sp³-hybridized carbons (Fsp3) is 0.0909. The molecule has 1 saturated heterocycles. The lowest BCUT2D eigenvalue weighted by atomic mass is 9.96. The van der Waals surface area contributed by atoms with Gasteiger partial charge in [0.2, 0.25) is 0 Å². The molecule has 1 fully saturated rings. The highest BCUT2D eigenvalue weighted by Gasteiger charge is 2.36. The van der Waals surface area contributed by atoms with Crippen molar-refractivity contribution in [2.75, 3.05) is 4.90 Å². The third kappa shape index (κ3) is 3.42. The summed E-state index contributed by atoms with van der Waals surface area (Å²) < 4.78 is 16.3. The number of carbonyl (C=O) groups excluding carboxylic acids is 2. The summed E-state index contributed by atoms with van der Waals surface area (Å²) in [6.45, 7) is 3.76. The van der Waals surface area contributed by atoms with E-state index in [0.29, 0.717) is 16.3 Å². The minimum absolute atomic E-state index is 0.303. The van der Waals surface area contributed by atoms with Crippen molar-refractivity contribution in [3.8, 4) is 5.69 Å². The van der Waals surface area contributed by atoms with Crippen LogP contribution in [0.4, 0.5) is 14.9 Å². The lowest BCUT2D eigenvalue weighted by molar-refractivity contribution is -0.113. The molecule has 2 heterocycles. The van der Waals surface area contributed by atoms with Gasteiger partial charge in [0.15, 0.2) is 0 Å². The van der Waals surface area contributed by atoms with Crippen LogP contribution < -0.4 is 10.4 Å². The average Bonchev–Trinajstić information content (AvgIpc) is 3.11. The number of aryl methyl sites for hydroxylation is 1. The number of anilines is 1. The maximum absolute atomic E-state index is 14.5. The van der Waals surface area contributed by atoms with Crippen molar-refractivity contribution in [1.29, 1.82) is 0 Å². The van der Waals surface area contributed by atoms with Crippen molar-refractivity contribution < 1.29 is 14.0 Å². The molecule has 3 aromatic rings. The van der Waals surface area contributed by atoms with Gasteiger partial charge in [-0.2, -0.15) is 0 Å². The highest BCUT2D eigenvalue weighted by Crippen LogP contribution is 2.36. The smallest absolute Gasteiger partial charge is 0.298 e. The second-order valence-corrected chi connectivity index (χ2v) is 7.96. The molecule has 1 aromatic heterocycles.